The van der Waals surface area contributed by atoms with Gasteiger partial charge in [0, 0.05) is 0 Å². The van der Waals surface area contributed by atoms with Crippen molar-refractivity contribution < 1.29 is 18.8 Å². The third-order valence-corrected chi connectivity index (χ3v) is 2.60. The molecule has 0 fully saturated rings. The first-order valence-corrected chi connectivity index (χ1v) is 6.09. The second kappa shape index (κ2) is 9.48. The summed E-state index contributed by atoms with van der Waals surface area (Å²) in [5.74, 6) is -0.209. The van der Waals surface area contributed by atoms with Gasteiger partial charge in [0.1, 0.15) is 13.2 Å². The van der Waals surface area contributed by atoms with E-state index in [1.54, 1.807) is 19.1 Å². The second-order valence-electron chi connectivity index (χ2n) is 4.01. The number of nitrogens with zero attached hydrogens (tertiary/aromatic N) is 1. The minimum Gasteiger partial charge on any atom is -0.496 e. The molecule has 0 aromatic rings. The summed E-state index contributed by atoms with van der Waals surface area (Å²) >= 11 is 0. The van der Waals surface area contributed by atoms with E-state index in [0.29, 0.717) is 43.9 Å². The Bertz CT molecular complexity index is 277. The Labute approximate surface area is 110 Å². The van der Waals surface area contributed by atoms with Gasteiger partial charge in [-0.15, -0.1) is 0 Å². The Kier molecular flexibility index (Phi) is 8.66. The lowest BCUT2D eigenvalue weighted by molar-refractivity contribution is -0.910. The molecule has 0 N–H and O–H groups in total. The van der Waals surface area contributed by atoms with Gasteiger partial charge in [0.05, 0.1) is 26.0 Å². The van der Waals surface area contributed by atoms with E-state index in [9.17, 15) is 4.79 Å². The molecule has 0 aliphatic heterocycles. The van der Waals surface area contributed by atoms with E-state index in [-0.39, 0.29) is 5.97 Å². The standard InChI is InChI=1S/C14H24NO3/c1-5-9-15(10-6-2,11-12-17-7-3)13-14(16)18-8-4/h5-7H,1-3,8-13H2,4H3/q+1. The minimum absolute atomic E-state index is 0.209. The van der Waals surface area contributed by atoms with E-state index < -0.39 is 0 Å². The SMILES string of the molecule is C=CC[N+](CC=C)(CCOC=C)CC(=O)OCC. The van der Waals surface area contributed by atoms with Gasteiger partial charge < -0.3 is 14.0 Å². The summed E-state index contributed by atoms with van der Waals surface area (Å²) in [7, 11) is 0. The Morgan fingerprint density at radius 3 is 2.28 bits per heavy atom. The highest BCUT2D eigenvalue weighted by Gasteiger charge is 2.28. The molecule has 0 atom stereocenters. The molecule has 4 heteroatoms. The van der Waals surface area contributed by atoms with E-state index in [0.717, 1.165) is 0 Å². The molecular weight excluding hydrogens is 230 g/mol. The molecule has 0 rings (SSSR count). The smallest absolute Gasteiger partial charge is 0.361 e. The van der Waals surface area contributed by atoms with Crippen molar-refractivity contribution in [2.24, 2.45) is 0 Å². The lowest BCUT2D eigenvalue weighted by Crippen LogP contribution is -2.53. The zero-order valence-corrected chi connectivity index (χ0v) is 11.3. The fraction of sp³-hybridized carbons (Fsp3) is 0.500. The highest BCUT2D eigenvalue weighted by atomic mass is 16.5. The minimum atomic E-state index is -0.209. The fourth-order valence-corrected chi connectivity index (χ4v) is 1.82. The van der Waals surface area contributed by atoms with Crippen molar-refractivity contribution in [1.29, 1.82) is 0 Å². The van der Waals surface area contributed by atoms with Crippen LogP contribution in [0.4, 0.5) is 0 Å². The largest absolute Gasteiger partial charge is 0.496 e. The number of ether oxygens (including phenoxy) is 2. The molecule has 0 radical (unpaired) electrons. The average Bonchev–Trinajstić information content (AvgIpc) is 2.30. The number of carbonyl (C=O) groups excluding carboxylic acids is 1. The Morgan fingerprint density at radius 1 is 1.22 bits per heavy atom. The highest BCUT2D eigenvalue weighted by Crippen LogP contribution is 2.08. The number of quaternary nitrogens is 1. The van der Waals surface area contributed by atoms with Crippen LogP contribution in [0.3, 0.4) is 0 Å². The van der Waals surface area contributed by atoms with E-state index in [1.165, 1.54) is 6.26 Å². The normalized spacial score (nSPS) is 10.5. The quantitative estimate of drug-likeness (QED) is 0.186. The van der Waals surface area contributed by atoms with Gasteiger partial charge in [0.15, 0.2) is 6.54 Å². The van der Waals surface area contributed by atoms with Crippen molar-refractivity contribution in [3.8, 4) is 0 Å². The molecule has 0 heterocycles. The first-order chi connectivity index (χ1) is 8.64. The van der Waals surface area contributed by atoms with Crippen molar-refractivity contribution in [2.75, 3.05) is 39.4 Å². The number of carbonyl (C=O) groups is 1. The predicted molar refractivity (Wildman–Crippen MR) is 72.9 cm³/mol. The summed E-state index contributed by atoms with van der Waals surface area (Å²) in [5.41, 5.74) is 0. The molecule has 0 amide bonds. The van der Waals surface area contributed by atoms with E-state index >= 15 is 0 Å². The average molecular weight is 254 g/mol. The van der Waals surface area contributed by atoms with Gasteiger partial charge in [0.2, 0.25) is 0 Å². The monoisotopic (exact) mass is 254 g/mol. The zero-order chi connectivity index (χ0) is 13.9. The van der Waals surface area contributed by atoms with E-state index in [4.69, 9.17) is 9.47 Å². The molecule has 0 aromatic carbocycles. The maximum atomic E-state index is 11.7. The molecule has 0 aliphatic rings. The van der Waals surface area contributed by atoms with Crippen LogP contribution in [0.5, 0.6) is 0 Å². The number of hydrogen-bond donors (Lipinski definition) is 0. The van der Waals surface area contributed by atoms with Gasteiger partial charge in [0.25, 0.3) is 0 Å². The Hall–Kier alpha value is -1.55. The third-order valence-electron chi connectivity index (χ3n) is 2.60. The van der Waals surface area contributed by atoms with Crippen LogP contribution in [0, 0.1) is 0 Å². The fourth-order valence-electron chi connectivity index (χ4n) is 1.82. The Morgan fingerprint density at radius 2 is 1.83 bits per heavy atom. The van der Waals surface area contributed by atoms with E-state index in [1.807, 2.05) is 0 Å². The number of rotatable bonds is 11. The van der Waals surface area contributed by atoms with Gasteiger partial charge >= 0.3 is 5.97 Å². The first kappa shape index (κ1) is 16.4. The van der Waals surface area contributed by atoms with Gasteiger partial charge in [-0.25, -0.2) is 4.79 Å². The van der Waals surface area contributed by atoms with Crippen LogP contribution >= 0.6 is 0 Å². The van der Waals surface area contributed by atoms with Gasteiger partial charge in [-0.05, 0) is 19.1 Å². The molecule has 0 aliphatic carbocycles. The summed E-state index contributed by atoms with van der Waals surface area (Å²) in [6.45, 7) is 16.0. The zero-order valence-electron chi connectivity index (χ0n) is 11.3. The predicted octanol–water partition coefficient (Wildman–Crippen LogP) is 1.90. The lowest BCUT2D eigenvalue weighted by Gasteiger charge is -2.35. The van der Waals surface area contributed by atoms with Crippen molar-refractivity contribution in [2.45, 2.75) is 6.92 Å². The molecule has 0 bridgehead atoms. The summed E-state index contributed by atoms with van der Waals surface area (Å²) < 4.78 is 10.7. The van der Waals surface area contributed by atoms with Crippen molar-refractivity contribution in [3.05, 3.63) is 38.2 Å². The molecule has 4 nitrogen and oxygen atoms in total. The van der Waals surface area contributed by atoms with Crippen molar-refractivity contribution in [3.63, 3.8) is 0 Å². The molecule has 102 valence electrons. The molecule has 0 saturated carbocycles. The maximum Gasteiger partial charge on any atom is 0.361 e. The first-order valence-electron chi connectivity index (χ1n) is 6.09. The molecular formula is C14H24NO3+. The summed E-state index contributed by atoms with van der Waals surface area (Å²) in [4.78, 5) is 11.7. The van der Waals surface area contributed by atoms with Crippen LogP contribution in [-0.2, 0) is 14.3 Å². The second-order valence-corrected chi connectivity index (χ2v) is 4.01. The Balaban J connectivity index is 4.69. The molecule has 0 spiro atoms. The van der Waals surface area contributed by atoms with Crippen molar-refractivity contribution >= 4 is 5.97 Å². The van der Waals surface area contributed by atoms with Crippen LogP contribution in [0.1, 0.15) is 6.92 Å². The lowest BCUT2D eigenvalue weighted by atomic mass is 10.3. The summed E-state index contributed by atoms with van der Waals surface area (Å²) in [6, 6.07) is 0. The van der Waals surface area contributed by atoms with Crippen LogP contribution in [-0.4, -0.2) is 49.8 Å². The summed E-state index contributed by atoms with van der Waals surface area (Å²) in [6.07, 6.45) is 5.01. The number of hydrogen-bond acceptors (Lipinski definition) is 3. The van der Waals surface area contributed by atoms with Crippen molar-refractivity contribution in [1.82, 2.24) is 0 Å². The maximum absolute atomic E-state index is 11.7. The van der Waals surface area contributed by atoms with Crippen LogP contribution in [0.25, 0.3) is 0 Å². The van der Waals surface area contributed by atoms with Crippen LogP contribution in [0.2, 0.25) is 0 Å². The van der Waals surface area contributed by atoms with Crippen LogP contribution < -0.4 is 0 Å². The molecule has 0 saturated heterocycles. The van der Waals surface area contributed by atoms with Gasteiger partial charge in [-0.3, -0.25) is 0 Å². The van der Waals surface area contributed by atoms with E-state index in [2.05, 4.69) is 19.7 Å². The topological polar surface area (TPSA) is 35.5 Å². The van der Waals surface area contributed by atoms with Gasteiger partial charge in [-0.2, -0.15) is 0 Å². The van der Waals surface area contributed by atoms with Crippen LogP contribution in [0.15, 0.2) is 38.2 Å². The molecule has 0 unspecified atom stereocenters. The molecule has 0 aromatic heterocycles. The van der Waals surface area contributed by atoms with Gasteiger partial charge in [-0.1, -0.05) is 19.7 Å². The third kappa shape index (κ3) is 6.25. The highest BCUT2D eigenvalue weighted by molar-refractivity contribution is 5.70. The molecule has 18 heavy (non-hydrogen) atoms. The summed E-state index contributed by atoms with van der Waals surface area (Å²) in [5, 5.41) is 0. The number of esters is 1.